The maximum atomic E-state index is 14.7. The van der Waals surface area contributed by atoms with Crippen LogP contribution in [0.2, 0.25) is 0 Å². The lowest BCUT2D eigenvalue weighted by Crippen LogP contribution is -2.32. The number of aromatic nitrogens is 3. The van der Waals surface area contributed by atoms with E-state index in [0.29, 0.717) is 22.4 Å². The Bertz CT molecular complexity index is 1870. The van der Waals surface area contributed by atoms with Crippen LogP contribution in [0, 0.1) is 0 Å². The van der Waals surface area contributed by atoms with Crippen LogP contribution in [0.4, 0.5) is 13.2 Å². The van der Waals surface area contributed by atoms with E-state index in [-0.39, 0.29) is 40.7 Å². The van der Waals surface area contributed by atoms with Gasteiger partial charge in [0, 0.05) is 22.9 Å². The summed E-state index contributed by atoms with van der Waals surface area (Å²) in [5.74, 6) is -1.30. The molecule has 0 spiro atoms. The Balaban J connectivity index is 1.60. The topological polar surface area (TPSA) is 102 Å². The fourth-order valence-electron chi connectivity index (χ4n) is 5.14. The van der Waals surface area contributed by atoms with Crippen molar-refractivity contribution in [2.24, 2.45) is 0 Å². The first-order valence-corrected chi connectivity index (χ1v) is 14.9. The number of hydrogen-bond acceptors (Lipinski definition) is 6. The highest BCUT2D eigenvalue weighted by Gasteiger charge is 2.67. The van der Waals surface area contributed by atoms with Gasteiger partial charge in [-0.05, 0) is 47.7 Å². The second-order valence-corrected chi connectivity index (χ2v) is 11.9. The van der Waals surface area contributed by atoms with Crippen LogP contribution in [0.3, 0.4) is 0 Å². The minimum atomic E-state index is -4.60. The molecule has 0 radical (unpaired) electrons. The van der Waals surface area contributed by atoms with Crippen LogP contribution in [-0.4, -0.2) is 40.4 Å². The van der Waals surface area contributed by atoms with Crippen molar-refractivity contribution in [2.75, 3.05) is 0 Å². The van der Waals surface area contributed by atoms with Gasteiger partial charge in [0.1, 0.15) is 5.41 Å². The monoisotopic (exact) mass is 609 g/mol. The van der Waals surface area contributed by atoms with E-state index in [1.54, 1.807) is 18.2 Å². The first-order valence-electron chi connectivity index (χ1n) is 12.8. The van der Waals surface area contributed by atoms with E-state index in [4.69, 9.17) is 5.10 Å². The number of hydrogen-bond donors (Lipinski definition) is 2. The molecule has 0 saturated heterocycles. The molecule has 12 heteroatoms. The zero-order valence-electron chi connectivity index (χ0n) is 21.7. The maximum Gasteiger partial charge on any atom is 0.399 e. The number of thiazole rings is 1. The lowest BCUT2D eigenvalue weighted by atomic mass is 9.90. The Morgan fingerprint density at radius 2 is 1.62 bits per heavy atom. The van der Waals surface area contributed by atoms with E-state index in [1.165, 1.54) is 17.5 Å². The van der Waals surface area contributed by atoms with Gasteiger partial charge in [-0.2, -0.15) is 18.3 Å². The number of thiol groups is 1. The van der Waals surface area contributed by atoms with E-state index >= 15 is 0 Å². The lowest BCUT2D eigenvalue weighted by molar-refractivity contribution is -0.162. The van der Waals surface area contributed by atoms with Crippen LogP contribution in [0.1, 0.15) is 40.2 Å². The summed E-state index contributed by atoms with van der Waals surface area (Å²) in [5, 5.41) is 15.4. The third-order valence-corrected chi connectivity index (χ3v) is 8.93. The molecule has 1 saturated carbocycles. The molecule has 0 unspecified atom stereocenters. The van der Waals surface area contributed by atoms with Gasteiger partial charge in [0.25, 0.3) is 0 Å². The first-order chi connectivity index (χ1) is 20.1. The third-order valence-electron chi connectivity index (χ3n) is 7.39. The molecule has 2 aromatic heterocycles. The van der Waals surface area contributed by atoms with E-state index in [2.05, 4.69) is 4.98 Å². The Hall–Kier alpha value is -4.29. The Morgan fingerprint density at radius 1 is 0.952 bits per heavy atom. The molecule has 5 aromatic rings. The molecule has 0 aliphatic heterocycles. The molecule has 0 amide bonds. The molecule has 1 aliphatic rings. The molecule has 1 aliphatic carbocycles. The van der Waals surface area contributed by atoms with Gasteiger partial charge < -0.3 is 5.11 Å². The number of rotatable bonds is 8. The summed E-state index contributed by atoms with van der Waals surface area (Å²) in [6, 6.07) is 22.8. The van der Waals surface area contributed by atoms with Crippen molar-refractivity contribution >= 4 is 28.0 Å². The normalized spacial score (nSPS) is 14.3. The van der Waals surface area contributed by atoms with Crippen molar-refractivity contribution in [3.63, 3.8) is 0 Å². The largest absolute Gasteiger partial charge is 0.476 e. The summed E-state index contributed by atoms with van der Waals surface area (Å²) in [7, 11) is -2.82. The quantitative estimate of drug-likeness (QED) is 0.194. The predicted molar refractivity (Wildman–Crippen MR) is 152 cm³/mol. The summed E-state index contributed by atoms with van der Waals surface area (Å²) < 4.78 is 68.2. The van der Waals surface area contributed by atoms with Gasteiger partial charge in [-0.25, -0.2) is 22.9 Å². The molecule has 0 bridgehead atoms. The van der Waals surface area contributed by atoms with Crippen LogP contribution in [0.25, 0.3) is 27.5 Å². The van der Waals surface area contributed by atoms with Crippen molar-refractivity contribution in [1.29, 1.82) is 0 Å². The van der Waals surface area contributed by atoms with Gasteiger partial charge in [0.05, 0.1) is 16.3 Å². The van der Waals surface area contributed by atoms with E-state index in [0.717, 1.165) is 27.1 Å². The van der Waals surface area contributed by atoms with Gasteiger partial charge >= 0.3 is 12.1 Å². The molecular formula is C30H22F3N3O4S2. The van der Waals surface area contributed by atoms with Crippen molar-refractivity contribution in [3.05, 3.63) is 107 Å². The average molecular weight is 610 g/mol. The molecule has 1 fully saturated rings. The van der Waals surface area contributed by atoms with Crippen LogP contribution >= 0.6 is 11.3 Å². The summed E-state index contributed by atoms with van der Waals surface area (Å²) in [5.41, 5.74) is 1.02. The number of carboxylic acid groups (broad SMARTS) is 1. The first kappa shape index (κ1) is 27.9. The zero-order chi connectivity index (χ0) is 29.6. The maximum absolute atomic E-state index is 14.7. The SMILES string of the molecule is O=C(O)c1csc(-n2nc(-c3cccc(-c4ccccc4)c3)c(Cc3ccc([SH](=O)=O)cc3)c2C2(C(F)(F)F)CC2)n1. The van der Waals surface area contributed by atoms with E-state index < -0.39 is 28.3 Å². The number of nitrogens with zero attached hydrogens (tertiary/aromatic N) is 3. The highest BCUT2D eigenvalue weighted by molar-refractivity contribution is 7.72. The molecule has 7 nitrogen and oxygen atoms in total. The summed E-state index contributed by atoms with van der Waals surface area (Å²) >= 11 is 0.902. The van der Waals surface area contributed by atoms with Crippen molar-refractivity contribution in [1.82, 2.24) is 14.8 Å². The second kappa shape index (κ2) is 10.5. The molecular weight excluding hydrogens is 587 g/mol. The van der Waals surface area contributed by atoms with Gasteiger partial charge in [0.2, 0.25) is 5.13 Å². The molecule has 214 valence electrons. The fourth-order valence-corrected chi connectivity index (χ4v) is 6.28. The number of benzene rings is 3. The highest BCUT2D eigenvalue weighted by atomic mass is 32.2. The number of carbonyl (C=O) groups is 1. The zero-order valence-corrected chi connectivity index (χ0v) is 23.4. The molecule has 2 heterocycles. The third kappa shape index (κ3) is 5.01. The Morgan fingerprint density at radius 3 is 2.21 bits per heavy atom. The number of aromatic carboxylic acids is 1. The summed E-state index contributed by atoms with van der Waals surface area (Å²) in [4.78, 5) is 15.8. The molecule has 0 atom stereocenters. The van der Waals surface area contributed by atoms with Crippen molar-refractivity contribution in [3.8, 4) is 27.5 Å². The molecule has 42 heavy (non-hydrogen) atoms. The number of halogens is 3. The van der Waals surface area contributed by atoms with Gasteiger partial charge in [0.15, 0.2) is 16.4 Å². The van der Waals surface area contributed by atoms with Gasteiger partial charge in [-0.1, -0.05) is 60.7 Å². The summed E-state index contributed by atoms with van der Waals surface area (Å²) in [6.07, 6.45) is -4.86. The minimum absolute atomic E-state index is 0.0170. The number of carboxylic acids is 1. The van der Waals surface area contributed by atoms with Crippen LogP contribution in [0.5, 0.6) is 0 Å². The second-order valence-electron chi connectivity index (χ2n) is 10.0. The Labute approximate surface area is 243 Å². The fraction of sp³-hybridized carbons (Fsp3) is 0.167. The van der Waals surface area contributed by atoms with Gasteiger partial charge in [-0.15, -0.1) is 11.3 Å². The summed E-state index contributed by atoms with van der Waals surface area (Å²) in [6.45, 7) is 0. The molecule has 1 N–H and O–H groups in total. The van der Waals surface area contributed by atoms with Crippen molar-refractivity contribution in [2.45, 2.75) is 35.7 Å². The number of alkyl halides is 3. The molecule has 3 aromatic carbocycles. The van der Waals surface area contributed by atoms with Crippen LogP contribution in [0.15, 0.2) is 89.1 Å². The van der Waals surface area contributed by atoms with Crippen LogP contribution < -0.4 is 0 Å². The lowest BCUT2D eigenvalue weighted by Gasteiger charge is -2.22. The minimum Gasteiger partial charge on any atom is -0.476 e. The van der Waals surface area contributed by atoms with Crippen LogP contribution in [-0.2, 0) is 22.5 Å². The highest BCUT2D eigenvalue weighted by Crippen LogP contribution is 2.61. The smallest absolute Gasteiger partial charge is 0.399 e. The standard InChI is InChI=1S/C30H22F3N3O4S2/c31-30(32,33)29(13-14-29)26-23(15-18-9-11-22(12-10-18)42(39)40)25(35-36(26)28-34-24(17-41-28)27(37)38)21-8-4-7-20(16-21)19-5-2-1-3-6-19/h1-12,16-17,42H,13-15H2,(H,37,38). The van der Waals surface area contributed by atoms with Gasteiger partial charge in [-0.3, -0.25) is 0 Å². The average Bonchev–Trinajstić information content (AvgIpc) is 3.49. The van der Waals surface area contributed by atoms with E-state index in [1.807, 2.05) is 48.5 Å². The van der Waals surface area contributed by atoms with E-state index in [9.17, 15) is 31.5 Å². The molecule has 6 rings (SSSR count). The predicted octanol–water partition coefficient (Wildman–Crippen LogP) is 6.52. The van der Waals surface area contributed by atoms with Crippen molar-refractivity contribution < 1.29 is 31.5 Å². The Kier molecular flexibility index (Phi) is 6.98.